The number of benzene rings is 1. The molecule has 0 atom stereocenters. The van der Waals surface area contributed by atoms with Crippen molar-refractivity contribution in [1.29, 1.82) is 0 Å². The van der Waals surface area contributed by atoms with Gasteiger partial charge in [0.2, 0.25) is 5.91 Å². The maximum absolute atomic E-state index is 11.4. The van der Waals surface area contributed by atoms with Gasteiger partial charge in [0.1, 0.15) is 11.5 Å². The smallest absolute Gasteiger partial charge is 0.222 e. The number of carbonyl (C=O) groups excluding carboxylic acids is 1. The summed E-state index contributed by atoms with van der Waals surface area (Å²) >= 11 is 0. The topological polar surface area (TPSA) is 50.8 Å². The van der Waals surface area contributed by atoms with E-state index < -0.39 is 0 Å². The molecule has 0 aliphatic rings. The Morgan fingerprint density at radius 1 is 1.16 bits per heavy atom. The Labute approximate surface area is 114 Å². The van der Waals surface area contributed by atoms with Crippen molar-refractivity contribution in [3.63, 3.8) is 0 Å². The Morgan fingerprint density at radius 3 is 2.21 bits per heavy atom. The minimum atomic E-state index is 0.144. The summed E-state index contributed by atoms with van der Waals surface area (Å²) < 4.78 is 10.4. The molecule has 1 aromatic rings. The second-order valence-corrected chi connectivity index (χ2v) is 4.42. The standard InChI is InChI=1S/C14H22N2O3/c1-16(2)14(17)6-5-7-15-11-8-12(18-3)10-13(9-11)19-4/h8-10,15H,5-7H2,1-4H3. The second kappa shape index (κ2) is 7.51. The fourth-order valence-electron chi connectivity index (χ4n) is 1.61. The Balaban J connectivity index is 2.46. The third kappa shape index (κ3) is 5.07. The molecule has 106 valence electrons. The third-order valence-electron chi connectivity index (χ3n) is 2.75. The minimum absolute atomic E-state index is 0.144. The summed E-state index contributed by atoms with van der Waals surface area (Å²) in [6.45, 7) is 0.732. The summed E-state index contributed by atoms with van der Waals surface area (Å²) in [5, 5.41) is 3.26. The van der Waals surface area contributed by atoms with Gasteiger partial charge in [-0.05, 0) is 6.42 Å². The molecule has 1 amide bonds. The molecule has 5 heteroatoms. The van der Waals surface area contributed by atoms with E-state index in [1.165, 1.54) is 0 Å². The van der Waals surface area contributed by atoms with E-state index in [4.69, 9.17) is 9.47 Å². The van der Waals surface area contributed by atoms with Gasteiger partial charge in [-0.1, -0.05) is 0 Å². The fourth-order valence-corrected chi connectivity index (χ4v) is 1.61. The number of methoxy groups -OCH3 is 2. The average molecular weight is 266 g/mol. The summed E-state index contributed by atoms with van der Waals surface area (Å²) in [7, 11) is 6.77. The highest BCUT2D eigenvalue weighted by molar-refractivity contribution is 5.75. The van der Waals surface area contributed by atoms with Gasteiger partial charge in [0.25, 0.3) is 0 Å². The number of nitrogens with one attached hydrogen (secondary N) is 1. The molecular formula is C14H22N2O3. The first-order chi connectivity index (χ1) is 9.06. The molecule has 0 spiro atoms. The van der Waals surface area contributed by atoms with Crippen LogP contribution in [0.3, 0.4) is 0 Å². The molecule has 0 saturated carbocycles. The molecule has 1 rings (SSSR count). The maximum atomic E-state index is 11.4. The summed E-state index contributed by atoms with van der Waals surface area (Å²) in [4.78, 5) is 13.0. The zero-order chi connectivity index (χ0) is 14.3. The van der Waals surface area contributed by atoms with Crippen LogP contribution in [-0.4, -0.2) is 45.7 Å². The molecule has 0 aromatic heterocycles. The van der Waals surface area contributed by atoms with Gasteiger partial charge in [0.05, 0.1) is 14.2 Å². The summed E-state index contributed by atoms with van der Waals surface area (Å²) in [5.74, 6) is 1.63. The van der Waals surface area contributed by atoms with Gasteiger partial charge in [-0.2, -0.15) is 0 Å². The molecule has 0 aliphatic heterocycles. The first-order valence-corrected chi connectivity index (χ1v) is 6.24. The Hall–Kier alpha value is -1.91. The number of hydrogen-bond donors (Lipinski definition) is 1. The van der Waals surface area contributed by atoms with Crippen molar-refractivity contribution in [1.82, 2.24) is 4.90 Å². The van der Waals surface area contributed by atoms with E-state index in [0.29, 0.717) is 6.42 Å². The second-order valence-electron chi connectivity index (χ2n) is 4.42. The minimum Gasteiger partial charge on any atom is -0.497 e. The monoisotopic (exact) mass is 266 g/mol. The SMILES string of the molecule is COc1cc(NCCCC(=O)N(C)C)cc(OC)c1. The number of carbonyl (C=O) groups is 1. The maximum Gasteiger partial charge on any atom is 0.222 e. The molecule has 1 aromatic carbocycles. The highest BCUT2D eigenvalue weighted by Crippen LogP contribution is 2.25. The molecule has 0 fully saturated rings. The van der Waals surface area contributed by atoms with E-state index in [1.807, 2.05) is 18.2 Å². The molecule has 0 unspecified atom stereocenters. The zero-order valence-electron chi connectivity index (χ0n) is 12.0. The average Bonchev–Trinajstić information content (AvgIpc) is 2.42. The molecular weight excluding hydrogens is 244 g/mol. The van der Waals surface area contributed by atoms with E-state index >= 15 is 0 Å². The first-order valence-electron chi connectivity index (χ1n) is 6.24. The van der Waals surface area contributed by atoms with Crippen molar-refractivity contribution < 1.29 is 14.3 Å². The Kier molecular flexibility index (Phi) is 5.99. The number of anilines is 1. The van der Waals surface area contributed by atoms with Crippen molar-refractivity contribution in [2.45, 2.75) is 12.8 Å². The van der Waals surface area contributed by atoms with E-state index in [1.54, 1.807) is 33.2 Å². The highest BCUT2D eigenvalue weighted by atomic mass is 16.5. The Morgan fingerprint density at radius 2 is 1.74 bits per heavy atom. The van der Waals surface area contributed by atoms with E-state index in [9.17, 15) is 4.79 Å². The van der Waals surface area contributed by atoms with Gasteiger partial charge in [0, 0.05) is 50.9 Å². The zero-order valence-corrected chi connectivity index (χ0v) is 12.0. The molecule has 0 heterocycles. The van der Waals surface area contributed by atoms with Gasteiger partial charge < -0.3 is 19.7 Å². The van der Waals surface area contributed by atoms with Gasteiger partial charge in [0.15, 0.2) is 0 Å². The lowest BCUT2D eigenvalue weighted by Gasteiger charge is -2.12. The van der Waals surface area contributed by atoms with E-state index in [0.717, 1.165) is 30.2 Å². The Bertz CT molecular complexity index is 397. The van der Waals surface area contributed by atoms with Gasteiger partial charge >= 0.3 is 0 Å². The highest BCUT2D eigenvalue weighted by Gasteiger charge is 2.04. The van der Waals surface area contributed by atoms with E-state index in [2.05, 4.69) is 5.32 Å². The largest absolute Gasteiger partial charge is 0.497 e. The number of hydrogen-bond acceptors (Lipinski definition) is 4. The summed E-state index contributed by atoms with van der Waals surface area (Å²) in [6, 6.07) is 5.62. The number of amides is 1. The van der Waals surface area contributed by atoms with E-state index in [-0.39, 0.29) is 5.91 Å². The quantitative estimate of drug-likeness (QED) is 0.767. The van der Waals surface area contributed by atoms with Crippen LogP contribution in [0.1, 0.15) is 12.8 Å². The molecule has 0 radical (unpaired) electrons. The van der Waals surface area contributed by atoms with Gasteiger partial charge in [-0.25, -0.2) is 0 Å². The van der Waals surface area contributed by atoms with Crippen molar-refractivity contribution in [3.8, 4) is 11.5 Å². The molecule has 5 nitrogen and oxygen atoms in total. The van der Waals surface area contributed by atoms with Crippen LogP contribution >= 0.6 is 0 Å². The van der Waals surface area contributed by atoms with Crippen LogP contribution < -0.4 is 14.8 Å². The van der Waals surface area contributed by atoms with Crippen molar-refractivity contribution in [2.24, 2.45) is 0 Å². The van der Waals surface area contributed by atoms with Gasteiger partial charge in [-0.15, -0.1) is 0 Å². The number of ether oxygens (including phenoxy) is 2. The normalized spacial score (nSPS) is 9.89. The lowest BCUT2D eigenvalue weighted by atomic mass is 10.2. The first kappa shape index (κ1) is 15.1. The van der Waals surface area contributed by atoms with Crippen molar-refractivity contribution in [3.05, 3.63) is 18.2 Å². The van der Waals surface area contributed by atoms with Crippen LogP contribution in [0.2, 0.25) is 0 Å². The number of rotatable bonds is 7. The van der Waals surface area contributed by atoms with Crippen LogP contribution in [0.25, 0.3) is 0 Å². The lowest BCUT2D eigenvalue weighted by Crippen LogP contribution is -2.22. The van der Waals surface area contributed by atoms with Crippen LogP contribution in [0.15, 0.2) is 18.2 Å². The molecule has 0 aliphatic carbocycles. The summed E-state index contributed by atoms with van der Waals surface area (Å²) in [6.07, 6.45) is 1.33. The molecule has 0 saturated heterocycles. The van der Waals surface area contributed by atoms with Crippen LogP contribution in [0.5, 0.6) is 11.5 Å². The van der Waals surface area contributed by atoms with Crippen LogP contribution in [0, 0.1) is 0 Å². The predicted octanol–water partition coefficient (Wildman–Crippen LogP) is 1.98. The lowest BCUT2D eigenvalue weighted by molar-refractivity contribution is -0.128. The fraction of sp³-hybridized carbons (Fsp3) is 0.500. The molecule has 1 N–H and O–H groups in total. The van der Waals surface area contributed by atoms with Crippen molar-refractivity contribution in [2.75, 3.05) is 40.2 Å². The molecule has 0 bridgehead atoms. The van der Waals surface area contributed by atoms with Gasteiger partial charge in [-0.3, -0.25) is 4.79 Å². The van der Waals surface area contributed by atoms with Crippen LogP contribution in [0.4, 0.5) is 5.69 Å². The molecule has 19 heavy (non-hydrogen) atoms. The third-order valence-corrected chi connectivity index (χ3v) is 2.75. The number of nitrogens with zero attached hydrogens (tertiary/aromatic N) is 1. The predicted molar refractivity (Wildman–Crippen MR) is 76.0 cm³/mol. The van der Waals surface area contributed by atoms with Crippen LogP contribution in [-0.2, 0) is 4.79 Å². The van der Waals surface area contributed by atoms with Crippen molar-refractivity contribution >= 4 is 11.6 Å². The summed E-state index contributed by atoms with van der Waals surface area (Å²) in [5.41, 5.74) is 0.925.